The van der Waals surface area contributed by atoms with Crippen molar-refractivity contribution in [1.29, 1.82) is 0 Å². The molecule has 0 radical (unpaired) electrons. The highest BCUT2D eigenvalue weighted by Crippen LogP contribution is 2.24. The highest BCUT2D eigenvalue weighted by molar-refractivity contribution is 5.96. The van der Waals surface area contributed by atoms with E-state index in [1.807, 2.05) is 30.3 Å². The Morgan fingerprint density at radius 2 is 2.17 bits per heavy atom. The fourth-order valence-electron chi connectivity index (χ4n) is 2.01. The molecule has 0 aromatic heterocycles. The van der Waals surface area contributed by atoms with Crippen molar-refractivity contribution in [2.45, 2.75) is 12.3 Å². The van der Waals surface area contributed by atoms with Crippen molar-refractivity contribution < 1.29 is 14.3 Å². The van der Waals surface area contributed by atoms with Gasteiger partial charge in [-0.3, -0.25) is 4.79 Å². The molecule has 1 aromatic rings. The van der Waals surface area contributed by atoms with Crippen LogP contribution >= 0.6 is 0 Å². The minimum atomic E-state index is -0.551. The van der Waals surface area contributed by atoms with Gasteiger partial charge in [0.25, 0.3) is 0 Å². The molecule has 2 amide bonds. The zero-order valence-corrected chi connectivity index (χ0v) is 10.0. The molecule has 1 atom stereocenters. The lowest BCUT2D eigenvalue weighted by molar-refractivity contribution is -0.129. The van der Waals surface area contributed by atoms with E-state index >= 15 is 0 Å². The number of allylic oxidation sites excluding steroid dienone is 1. The van der Waals surface area contributed by atoms with E-state index in [1.165, 1.54) is 4.90 Å². The number of ether oxygens (including phenoxy) is 1. The summed E-state index contributed by atoms with van der Waals surface area (Å²) in [6.07, 6.45) is 1.65. The second-order valence-electron chi connectivity index (χ2n) is 4.09. The van der Waals surface area contributed by atoms with Crippen molar-refractivity contribution in [3.05, 3.63) is 48.6 Å². The molecule has 0 saturated carbocycles. The van der Waals surface area contributed by atoms with Crippen LogP contribution in [0, 0.1) is 0 Å². The van der Waals surface area contributed by atoms with Crippen molar-refractivity contribution in [2.75, 3.05) is 13.2 Å². The number of hydrogen-bond donors (Lipinski definition) is 0. The number of imide groups is 1. The summed E-state index contributed by atoms with van der Waals surface area (Å²) in [5.74, 6) is -0.585. The molecule has 4 nitrogen and oxygen atoms in total. The van der Waals surface area contributed by atoms with E-state index in [-0.39, 0.29) is 18.4 Å². The van der Waals surface area contributed by atoms with Crippen molar-refractivity contribution in [3.63, 3.8) is 0 Å². The van der Waals surface area contributed by atoms with Crippen LogP contribution in [0.4, 0.5) is 4.79 Å². The smallest absolute Gasteiger partial charge is 0.416 e. The molecule has 94 valence electrons. The molecule has 1 aromatic carbocycles. The van der Waals surface area contributed by atoms with Gasteiger partial charge in [0.05, 0.1) is 12.5 Å². The normalized spacial score (nSPS) is 16.2. The number of carbonyl (C=O) groups is 2. The molecule has 4 heteroatoms. The van der Waals surface area contributed by atoms with Crippen LogP contribution in [-0.2, 0) is 9.53 Å². The van der Waals surface area contributed by atoms with Crippen molar-refractivity contribution in [2.24, 2.45) is 0 Å². The number of hydrogen-bond acceptors (Lipinski definition) is 3. The number of amides is 2. The molecular weight excluding hydrogens is 230 g/mol. The van der Waals surface area contributed by atoms with Crippen LogP contribution in [0.1, 0.15) is 17.9 Å². The van der Waals surface area contributed by atoms with E-state index in [1.54, 1.807) is 6.08 Å². The van der Waals surface area contributed by atoms with Gasteiger partial charge in [-0.05, 0) is 12.0 Å². The van der Waals surface area contributed by atoms with Crippen LogP contribution in [0.15, 0.2) is 43.0 Å². The van der Waals surface area contributed by atoms with Gasteiger partial charge in [-0.25, -0.2) is 9.69 Å². The third-order valence-electron chi connectivity index (χ3n) is 2.93. The van der Waals surface area contributed by atoms with Gasteiger partial charge >= 0.3 is 6.09 Å². The Bertz CT molecular complexity index is 455. The Kier molecular flexibility index (Phi) is 3.77. The predicted octanol–water partition coefficient (Wildman–Crippen LogP) is 2.33. The second kappa shape index (κ2) is 5.49. The Morgan fingerprint density at radius 3 is 2.72 bits per heavy atom. The Morgan fingerprint density at radius 1 is 1.44 bits per heavy atom. The lowest BCUT2D eigenvalue weighted by Crippen LogP contribution is -2.35. The summed E-state index contributed by atoms with van der Waals surface area (Å²) in [5, 5.41) is 0. The number of rotatable bonds is 4. The average molecular weight is 245 g/mol. The second-order valence-corrected chi connectivity index (χ2v) is 4.09. The molecule has 1 heterocycles. The molecule has 1 unspecified atom stereocenters. The molecule has 0 aliphatic carbocycles. The summed E-state index contributed by atoms with van der Waals surface area (Å²) >= 11 is 0. The van der Waals surface area contributed by atoms with Crippen LogP contribution < -0.4 is 0 Å². The fraction of sp³-hybridized carbons (Fsp3) is 0.286. The summed E-state index contributed by atoms with van der Waals surface area (Å²) in [7, 11) is 0. The van der Waals surface area contributed by atoms with E-state index in [9.17, 15) is 9.59 Å². The minimum Gasteiger partial charge on any atom is -0.447 e. The molecule has 2 rings (SSSR count). The maximum absolute atomic E-state index is 12.3. The standard InChI is InChI=1S/C14H15NO3/c1-2-6-12(11-7-4-3-5-8-11)13(16)15-9-10-18-14(15)17/h2-5,7-8,12H,1,6,9-10H2. The first kappa shape index (κ1) is 12.4. The van der Waals surface area contributed by atoms with E-state index in [0.29, 0.717) is 13.0 Å². The zero-order valence-electron chi connectivity index (χ0n) is 10.0. The van der Waals surface area contributed by atoms with Gasteiger partial charge in [0, 0.05) is 0 Å². The lowest BCUT2D eigenvalue weighted by atomic mass is 9.94. The van der Waals surface area contributed by atoms with Gasteiger partial charge in [0.15, 0.2) is 0 Å². The molecule has 1 aliphatic rings. The number of carbonyl (C=O) groups excluding carboxylic acids is 2. The Balaban J connectivity index is 2.22. The minimum absolute atomic E-state index is 0.219. The van der Waals surface area contributed by atoms with Crippen LogP contribution in [0.2, 0.25) is 0 Å². The largest absolute Gasteiger partial charge is 0.447 e. The Hall–Kier alpha value is -2.10. The highest BCUT2D eigenvalue weighted by Gasteiger charge is 2.33. The van der Waals surface area contributed by atoms with Crippen LogP contribution in [0.5, 0.6) is 0 Å². The van der Waals surface area contributed by atoms with Gasteiger partial charge < -0.3 is 4.74 Å². The number of benzene rings is 1. The van der Waals surface area contributed by atoms with Crippen LogP contribution in [0.25, 0.3) is 0 Å². The first-order valence-electron chi connectivity index (χ1n) is 5.88. The van der Waals surface area contributed by atoms with Gasteiger partial charge in [-0.15, -0.1) is 6.58 Å². The summed E-state index contributed by atoms with van der Waals surface area (Å²) in [6.45, 7) is 4.28. The van der Waals surface area contributed by atoms with Crippen LogP contribution in [-0.4, -0.2) is 30.1 Å². The molecule has 18 heavy (non-hydrogen) atoms. The van der Waals surface area contributed by atoms with Gasteiger partial charge in [-0.1, -0.05) is 36.4 Å². The maximum Gasteiger partial charge on any atom is 0.416 e. The number of cyclic esters (lactones) is 1. The molecule has 0 N–H and O–H groups in total. The average Bonchev–Trinajstić information content (AvgIpc) is 2.82. The molecule has 1 saturated heterocycles. The monoisotopic (exact) mass is 245 g/mol. The molecular formula is C14H15NO3. The summed E-state index contributed by atoms with van der Waals surface area (Å²) in [4.78, 5) is 24.9. The van der Waals surface area contributed by atoms with Gasteiger partial charge in [0.2, 0.25) is 5.91 Å². The van der Waals surface area contributed by atoms with E-state index in [0.717, 1.165) is 5.56 Å². The first-order valence-corrected chi connectivity index (χ1v) is 5.88. The van der Waals surface area contributed by atoms with Gasteiger partial charge in [-0.2, -0.15) is 0 Å². The zero-order chi connectivity index (χ0) is 13.0. The highest BCUT2D eigenvalue weighted by atomic mass is 16.6. The quantitative estimate of drug-likeness (QED) is 0.765. The summed E-state index contributed by atoms with van der Waals surface area (Å²) < 4.78 is 4.79. The third-order valence-corrected chi connectivity index (χ3v) is 2.93. The fourth-order valence-corrected chi connectivity index (χ4v) is 2.01. The van der Waals surface area contributed by atoms with E-state index < -0.39 is 6.09 Å². The summed E-state index contributed by atoms with van der Waals surface area (Å²) in [6, 6.07) is 9.41. The van der Waals surface area contributed by atoms with Gasteiger partial charge in [0.1, 0.15) is 6.61 Å². The van der Waals surface area contributed by atoms with Crippen LogP contribution in [0.3, 0.4) is 0 Å². The summed E-state index contributed by atoms with van der Waals surface area (Å²) in [5.41, 5.74) is 0.891. The van der Waals surface area contributed by atoms with E-state index in [2.05, 4.69) is 6.58 Å². The predicted molar refractivity (Wildman–Crippen MR) is 67.1 cm³/mol. The first-order chi connectivity index (χ1) is 8.74. The topological polar surface area (TPSA) is 46.6 Å². The lowest BCUT2D eigenvalue weighted by Gasteiger charge is -2.19. The molecule has 0 spiro atoms. The van der Waals surface area contributed by atoms with Crippen molar-refractivity contribution in [1.82, 2.24) is 4.90 Å². The number of nitrogens with zero attached hydrogens (tertiary/aromatic N) is 1. The molecule has 0 bridgehead atoms. The Labute approximate surface area is 106 Å². The molecule has 1 aliphatic heterocycles. The van der Waals surface area contributed by atoms with Crippen molar-refractivity contribution >= 4 is 12.0 Å². The maximum atomic E-state index is 12.3. The van der Waals surface area contributed by atoms with Crippen molar-refractivity contribution in [3.8, 4) is 0 Å². The third kappa shape index (κ3) is 2.42. The van der Waals surface area contributed by atoms with E-state index in [4.69, 9.17) is 4.74 Å². The molecule has 1 fully saturated rings. The SMILES string of the molecule is C=CCC(C(=O)N1CCOC1=O)c1ccccc1.